The third-order valence-electron chi connectivity index (χ3n) is 5.31. The molecule has 158 valence electrons. The molecule has 0 radical (unpaired) electrons. The lowest BCUT2D eigenvalue weighted by atomic mass is 10.0. The summed E-state index contributed by atoms with van der Waals surface area (Å²) in [4.78, 5) is 27.4. The molecule has 0 saturated carbocycles. The molecule has 3 aromatic rings. The highest BCUT2D eigenvalue weighted by Crippen LogP contribution is 2.34. The van der Waals surface area contributed by atoms with Crippen molar-refractivity contribution < 1.29 is 23.1 Å². The summed E-state index contributed by atoms with van der Waals surface area (Å²) in [5, 5.41) is 2.48. The lowest BCUT2D eigenvalue weighted by Gasteiger charge is -2.28. The molecule has 3 aromatic carbocycles. The van der Waals surface area contributed by atoms with Crippen LogP contribution in [0.25, 0.3) is 0 Å². The first kappa shape index (κ1) is 20.5. The smallest absolute Gasteiger partial charge is 0.255 e. The Morgan fingerprint density at radius 3 is 2.52 bits per heavy atom. The number of anilines is 1. The number of carbonyl (C=O) groups excluding carboxylic acids is 2. The largest absolute Gasteiger partial charge is 0.497 e. The van der Waals surface area contributed by atoms with E-state index in [1.54, 1.807) is 48.4 Å². The number of nitrogens with zero attached hydrogens (tertiary/aromatic N) is 1. The molecule has 1 unspecified atom stereocenters. The van der Waals surface area contributed by atoms with Crippen LogP contribution in [0.15, 0.2) is 66.7 Å². The molecule has 1 N–H and O–H groups in total. The molecular weight excluding hydrogens is 402 g/mol. The summed E-state index contributed by atoms with van der Waals surface area (Å²) in [6.45, 7) is 0.365. The fourth-order valence-corrected chi connectivity index (χ4v) is 3.73. The van der Waals surface area contributed by atoms with Gasteiger partial charge < -0.3 is 15.0 Å². The number of methoxy groups -OCH3 is 1. The van der Waals surface area contributed by atoms with Crippen LogP contribution in [0, 0.1) is 11.6 Å². The molecule has 5 nitrogen and oxygen atoms in total. The summed E-state index contributed by atoms with van der Waals surface area (Å²) in [7, 11) is 1.55. The van der Waals surface area contributed by atoms with Crippen LogP contribution >= 0.6 is 0 Å². The highest BCUT2D eigenvalue weighted by atomic mass is 19.1. The minimum atomic E-state index is -0.862. The highest BCUT2D eigenvalue weighted by molar-refractivity contribution is 5.99. The molecule has 0 bridgehead atoms. The van der Waals surface area contributed by atoms with Crippen molar-refractivity contribution in [2.24, 2.45) is 0 Å². The minimum Gasteiger partial charge on any atom is -0.497 e. The van der Waals surface area contributed by atoms with Crippen molar-refractivity contribution in [2.45, 2.75) is 19.0 Å². The van der Waals surface area contributed by atoms with Crippen molar-refractivity contribution in [3.63, 3.8) is 0 Å². The van der Waals surface area contributed by atoms with E-state index in [4.69, 9.17) is 4.74 Å². The number of hydrogen-bond acceptors (Lipinski definition) is 3. The molecule has 1 heterocycles. The number of nitrogens with one attached hydrogen (secondary N) is 1. The van der Waals surface area contributed by atoms with E-state index in [0.29, 0.717) is 23.9 Å². The highest BCUT2D eigenvalue weighted by Gasteiger charge is 2.34. The summed E-state index contributed by atoms with van der Waals surface area (Å²) >= 11 is 0. The summed E-state index contributed by atoms with van der Waals surface area (Å²) in [5.41, 5.74) is 2.12. The third-order valence-corrected chi connectivity index (χ3v) is 5.31. The van der Waals surface area contributed by atoms with E-state index in [-0.39, 0.29) is 18.0 Å². The maximum atomic E-state index is 14.0. The Morgan fingerprint density at radius 1 is 1.10 bits per heavy atom. The van der Waals surface area contributed by atoms with Gasteiger partial charge in [0.15, 0.2) is 0 Å². The van der Waals surface area contributed by atoms with Crippen LogP contribution < -0.4 is 10.1 Å². The van der Waals surface area contributed by atoms with Gasteiger partial charge in [-0.25, -0.2) is 8.78 Å². The van der Waals surface area contributed by atoms with E-state index in [9.17, 15) is 18.4 Å². The number of halogens is 2. The van der Waals surface area contributed by atoms with Gasteiger partial charge in [0, 0.05) is 18.2 Å². The standard InChI is InChI=1S/C24H20F2N2O3/c1-31-18-9-6-15(7-10-18)22(28-14-16-4-2-3-5-19(16)24(28)30)13-23(29)27-21-11-8-17(25)12-20(21)26/h2-12,22H,13-14H2,1H3,(H,27,29). The molecule has 0 spiro atoms. The second-order valence-corrected chi connectivity index (χ2v) is 7.26. The van der Waals surface area contributed by atoms with Gasteiger partial charge in [0.1, 0.15) is 17.4 Å². The summed E-state index contributed by atoms with van der Waals surface area (Å²) in [6.07, 6.45) is -0.0944. The second kappa shape index (κ2) is 8.55. The van der Waals surface area contributed by atoms with Crippen molar-refractivity contribution in [2.75, 3.05) is 12.4 Å². The van der Waals surface area contributed by atoms with Crippen molar-refractivity contribution in [3.8, 4) is 5.75 Å². The molecular formula is C24H20F2N2O3. The normalized spacial score (nSPS) is 13.6. The molecule has 4 rings (SSSR count). The van der Waals surface area contributed by atoms with Crippen LogP contribution in [0.3, 0.4) is 0 Å². The number of amides is 2. The molecule has 7 heteroatoms. The minimum absolute atomic E-state index is 0.0944. The van der Waals surface area contributed by atoms with Gasteiger partial charge in [0.05, 0.1) is 25.3 Å². The lowest BCUT2D eigenvalue weighted by molar-refractivity contribution is -0.117. The Balaban J connectivity index is 1.61. The van der Waals surface area contributed by atoms with Crippen molar-refractivity contribution in [3.05, 3.63) is 95.1 Å². The Bertz CT molecular complexity index is 1130. The predicted octanol–water partition coefficient (Wildman–Crippen LogP) is 4.70. The fourth-order valence-electron chi connectivity index (χ4n) is 3.73. The molecule has 1 atom stereocenters. The number of fused-ring (bicyclic) bond motifs is 1. The van der Waals surface area contributed by atoms with Crippen molar-refractivity contribution >= 4 is 17.5 Å². The van der Waals surface area contributed by atoms with Crippen LogP contribution in [-0.2, 0) is 11.3 Å². The molecule has 2 amide bonds. The summed E-state index contributed by atoms with van der Waals surface area (Å²) in [5.74, 6) is -1.60. The number of ether oxygens (including phenoxy) is 1. The molecule has 1 aliphatic heterocycles. The number of benzene rings is 3. The fraction of sp³-hybridized carbons (Fsp3) is 0.167. The van der Waals surface area contributed by atoms with E-state index in [2.05, 4.69) is 5.32 Å². The van der Waals surface area contributed by atoms with Crippen LogP contribution in [0.4, 0.5) is 14.5 Å². The van der Waals surface area contributed by atoms with Gasteiger partial charge in [-0.15, -0.1) is 0 Å². The van der Waals surface area contributed by atoms with Crippen molar-refractivity contribution in [1.82, 2.24) is 4.90 Å². The van der Waals surface area contributed by atoms with Crippen LogP contribution in [0.2, 0.25) is 0 Å². The van der Waals surface area contributed by atoms with E-state index in [1.165, 1.54) is 6.07 Å². The summed E-state index contributed by atoms with van der Waals surface area (Å²) < 4.78 is 32.3. The van der Waals surface area contributed by atoms with Crippen molar-refractivity contribution in [1.29, 1.82) is 0 Å². The SMILES string of the molecule is COc1ccc(C(CC(=O)Nc2ccc(F)cc2F)N2Cc3ccccc3C2=O)cc1. The van der Waals surface area contributed by atoms with Crippen LogP contribution in [0.1, 0.15) is 33.9 Å². The van der Waals surface area contributed by atoms with Gasteiger partial charge in [0.25, 0.3) is 5.91 Å². The first-order chi connectivity index (χ1) is 15.0. The Hall–Kier alpha value is -3.74. The monoisotopic (exact) mass is 422 g/mol. The van der Waals surface area contributed by atoms with Gasteiger partial charge in [0.2, 0.25) is 5.91 Å². The Labute approximate surface area is 178 Å². The van der Waals surface area contributed by atoms with Gasteiger partial charge in [-0.2, -0.15) is 0 Å². The second-order valence-electron chi connectivity index (χ2n) is 7.26. The maximum Gasteiger partial charge on any atom is 0.255 e. The molecule has 0 saturated heterocycles. The first-order valence-electron chi connectivity index (χ1n) is 9.74. The van der Waals surface area contributed by atoms with Gasteiger partial charge in [-0.05, 0) is 41.5 Å². The molecule has 1 aliphatic rings. The van der Waals surface area contributed by atoms with E-state index in [0.717, 1.165) is 17.2 Å². The van der Waals surface area contributed by atoms with Gasteiger partial charge >= 0.3 is 0 Å². The molecule has 0 aromatic heterocycles. The predicted molar refractivity (Wildman–Crippen MR) is 112 cm³/mol. The zero-order valence-corrected chi connectivity index (χ0v) is 16.8. The summed E-state index contributed by atoms with van der Waals surface area (Å²) in [6, 6.07) is 16.8. The number of carbonyl (C=O) groups is 2. The number of rotatable bonds is 6. The molecule has 0 fully saturated rings. The zero-order valence-electron chi connectivity index (χ0n) is 16.8. The molecule has 0 aliphatic carbocycles. The Kier molecular flexibility index (Phi) is 5.66. The molecule has 31 heavy (non-hydrogen) atoms. The quantitative estimate of drug-likeness (QED) is 0.627. The van der Waals surface area contributed by atoms with E-state index < -0.39 is 23.6 Å². The lowest BCUT2D eigenvalue weighted by Crippen LogP contribution is -2.32. The average Bonchev–Trinajstić information content (AvgIpc) is 3.11. The van der Waals surface area contributed by atoms with E-state index >= 15 is 0 Å². The topological polar surface area (TPSA) is 58.6 Å². The van der Waals surface area contributed by atoms with E-state index in [1.807, 2.05) is 12.1 Å². The first-order valence-corrected chi connectivity index (χ1v) is 9.74. The van der Waals surface area contributed by atoms with Crippen LogP contribution in [-0.4, -0.2) is 23.8 Å². The van der Waals surface area contributed by atoms with Crippen LogP contribution in [0.5, 0.6) is 5.75 Å². The zero-order chi connectivity index (χ0) is 22.0. The Morgan fingerprint density at radius 2 is 1.84 bits per heavy atom. The third kappa shape index (κ3) is 4.26. The maximum absolute atomic E-state index is 14.0. The van der Waals surface area contributed by atoms with Gasteiger partial charge in [-0.1, -0.05) is 30.3 Å². The number of hydrogen-bond donors (Lipinski definition) is 1. The van der Waals surface area contributed by atoms with Gasteiger partial charge in [-0.3, -0.25) is 9.59 Å². The average molecular weight is 422 g/mol.